The highest BCUT2D eigenvalue weighted by Gasteiger charge is 2.51. The summed E-state index contributed by atoms with van der Waals surface area (Å²) in [4.78, 5) is 15.4. The zero-order valence-corrected chi connectivity index (χ0v) is 18.8. The van der Waals surface area contributed by atoms with Crippen LogP contribution < -0.4 is 10.9 Å². The molecule has 5 unspecified atom stereocenters. The van der Waals surface area contributed by atoms with Crippen molar-refractivity contribution >= 4 is 15.9 Å². The summed E-state index contributed by atoms with van der Waals surface area (Å²) >= 11 is 0. The summed E-state index contributed by atoms with van der Waals surface area (Å²) in [6.07, 6.45) is 3.07. The lowest BCUT2D eigenvalue weighted by molar-refractivity contribution is -0.146. The molecule has 170 valence electrons. The second-order valence-corrected chi connectivity index (χ2v) is 11.0. The molecule has 8 nitrogen and oxygen atoms in total. The maximum Gasteiger partial charge on any atom is 0.243 e. The van der Waals surface area contributed by atoms with Gasteiger partial charge < -0.3 is 9.64 Å². The van der Waals surface area contributed by atoms with E-state index in [1.807, 2.05) is 12.1 Å². The van der Waals surface area contributed by atoms with Crippen molar-refractivity contribution < 1.29 is 17.9 Å². The van der Waals surface area contributed by atoms with Crippen molar-refractivity contribution in [2.75, 3.05) is 39.4 Å². The first-order valence-electron chi connectivity index (χ1n) is 11.5. The predicted molar refractivity (Wildman–Crippen MR) is 116 cm³/mol. The number of fused-ring (bicyclic) bond motifs is 3. The van der Waals surface area contributed by atoms with Gasteiger partial charge in [0.15, 0.2) is 0 Å². The first kappa shape index (κ1) is 21.3. The lowest BCUT2D eigenvalue weighted by Gasteiger charge is -2.50. The van der Waals surface area contributed by atoms with Gasteiger partial charge in [0.1, 0.15) is 0 Å². The lowest BCUT2D eigenvalue weighted by Crippen LogP contribution is -2.61. The lowest BCUT2D eigenvalue weighted by atomic mass is 9.67. The summed E-state index contributed by atoms with van der Waals surface area (Å²) < 4.78 is 32.6. The molecule has 0 spiro atoms. The molecule has 4 aliphatic rings. The van der Waals surface area contributed by atoms with Crippen molar-refractivity contribution in [3.63, 3.8) is 0 Å². The zero-order chi connectivity index (χ0) is 21.6. The van der Waals surface area contributed by atoms with Crippen molar-refractivity contribution in [3.05, 3.63) is 29.8 Å². The molecule has 31 heavy (non-hydrogen) atoms. The summed E-state index contributed by atoms with van der Waals surface area (Å²) in [5, 5.41) is 0. The van der Waals surface area contributed by atoms with E-state index in [1.165, 1.54) is 9.87 Å². The minimum absolute atomic E-state index is 0.0439. The molecule has 0 radical (unpaired) electrons. The van der Waals surface area contributed by atoms with Gasteiger partial charge in [-0.1, -0.05) is 12.1 Å². The van der Waals surface area contributed by atoms with E-state index in [9.17, 15) is 13.2 Å². The molecule has 2 N–H and O–H groups in total. The number of nitrogens with zero attached hydrogens (tertiary/aromatic N) is 2. The smallest absolute Gasteiger partial charge is 0.243 e. The van der Waals surface area contributed by atoms with Crippen LogP contribution in [0.4, 0.5) is 0 Å². The minimum atomic E-state index is -3.47. The Balaban J connectivity index is 1.33. The molecular formula is C22H32N4O4S. The molecule has 5 rings (SSSR count). The number of carbonyl (C=O) groups excluding carboxylic acids is 1. The van der Waals surface area contributed by atoms with E-state index in [2.05, 4.69) is 22.7 Å². The first-order chi connectivity index (χ1) is 15.0. The molecule has 3 aliphatic heterocycles. The number of sulfonamides is 1. The number of hydrogen-bond acceptors (Lipinski definition) is 6. The fraction of sp³-hybridized carbons (Fsp3) is 0.682. The molecule has 0 aromatic heterocycles. The molecule has 1 aliphatic carbocycles. The average molecular weight is 449 g/mol. The van der Waals surface area contributed by atoms with E-state index in [4.69, 9.17) is 4.74 Å². The van der Waals surface area contributed by atoms with E-state index >= 15 is 0 Å². The second kappa shape index (κ2) is 8.44. The standard InChI is InChI=1S/C22H32N4O4S/c1-2-26-20-13-16(5-8-18(20)21-19(22(26)27)14-23-24-21)15-3-6-17(7-4-15)31(28,29)25-9-11-30-12-10-25/h3-4,6-7,16,18-21,23-24H,2,5,8-14H2,1H3. The van der Waals surface area contributed by atoms with E-state index < -0.39 is 10.0 Å². The van der Waals surface area contributed by atoms with Gasteiger partial charge in [-0.05, 0) is 55.7 Å². The molecule has 1 amide bonds. The van der Waals surface area contributed by atoms with Crippen LogP contribution in [0.15, 0.2) is 29.2 Å². The third kappa shape index (κ3) is 3.70. The normalized spacial score (nSPS) is 34.4. The number of nitrogens with one attached hydrogen (secondary N) is 2. The Hall–Kier alpha value is -1.52. The number of benzene rings is 1. The summed E-state index contributed by atoms with van der Waals surface area (Å²) in [6, 6.07) is 7.89. The van der Waals surface area contributed by atoms with Crippen LogP contribution in [0.2, 0.25) is 0 Å². The molecule has 5 atom stereocenters. The van der Waals surface area contributed by atoms with Crippen LogP contribution in [0, 0.1) is 11.8 Å². The number of amides is 1. The molecule has 1 aromatic carbocycles. The Labute approximate surface area is 184 Å². The molecule has 0 bridgehead atoms. The Morgan fingerprint density at radius 3 is 2.58 bits per heavy atom. The van der Waals surface area contributed by atoms with Crippen molar-refractivity contribution in [2.24, 2.45) is 11.8 Å². The van der Waals surface area contributed by atoms with Gasteiger partial charge in [0.05, 0.1) is 24.0 Å². The van der Waals surface area contributed by atoms with Crippen LogP contribution in [-0.2, 0) is 19.6 Å². The number of hydrogen-bond donors (Lipinski definition) is 2. The third-order valence-corrected chi connectivity index (χ3v) is 9.57. The number of likely N-dealkylation sites (tertiary alicyclic amines) is 1. The fourth-order valence-electron chi connectivity index (χ4n) is 6.03. The maximum absolute atomic E-state index is 13.0. The summed E-state index contributed by atoms with van der Waals surface area (Å²) in [7, 11) is -3.47. The van der Waals surface area contributed by atoms with E-state index in [1.54, 1.807) is 12.1 Å². The molecular weight excluding hydrogens is 416 g/mol. The highest BCUT2D eigenvalue weighted by molar-refractivity contribution is 7.89. The largest absolute Gasteiger partial charge is 0.379 e. The SMILES string of the molecule is CCN1C(=O)C2CNNC2C2CCC(c3ccc(S(=O)(=O)N4CCOCC4)cc3)CC21. The van der Waals surface area contributed by atoms with Crippen molar-refractivity contribution in [1.29, 1.82) is 0 Å². The number of carbonyl (C=O) groups is 1. The van der Waals surface area contributed by atoms with Crippen molar-refractivity contribution in [3.8, 4) is 0 Å². The van der Waals surface area contributed by atoms with Crippen molar-refractivity contribution in [2.45, 2.75) is 49.1 Å². The number of rotatable bonds is 4. The van der Waals surface area contributed by atoms with Gasteiger partial charge in [-0.3, -0.25) is 15.6 Å². The summed E-state index contributed by atoms with van der Waals surface area (Å²) in [5.41, 5.74) is 7.73. The number of ether oxygens (including phenoxy) is 1. The van der Waals surface area contributed by atoms with E-state index in [0.717, 1.165) is 25.8 Å². The van der Waals surface area contributed by atoms with Gasteiger partial charge in [-0.25, -0.2) is 8.42 Å². The van der Waals surface area contributed by atoms with E-state index in [0.29, 0.717) is 49.6 Å². The monoisotopic (exact) mass is 448 g/mol. The number of morpholine rings is 1. The maximum atomic E-state index is 13.0. The molecule has 1 saturated carbocycles. The fourth-order valence-corrected chi connectivity index (χ4v) is 7.43. The Bertz CT molecular complexity index is 916. The number of hydrazine groups is 1. The minimum Gasteiger partial charge on any atom is -0.379 e. The number of piperidine rings is 1. The molecule has 3 heterocycles. The van der Waals surface area contributed by atoms with Crippen LogP contribution in [-0.4, -0.2) is 75.0 Å². The highest BCUT2D eigenvalue weighted by Crippen LogP contribution is 2.44. The highest BCUT2D eigenvalue weighted by atomic mass is 32.2. The quantitative estimate of drug-likeness (QED) is 0.712. The van der Waals surface area contributed by atoms with Crippen LogP contribution in [0.5, 0.6) is 0 Å². The van der Waals surface area contributed by atoms with Gasteiger partial charge in [0.2, 0.25) is 15.9 Å². The summed E-state index contributed by atoms with van der Waals surface area (Å²) in [5.74, 6) is 1.12. The Kier molecular flexibility index (Phi) is 5.81. The molecule has 3 saturated heterocycles. The predicted octanol–water partition coefficient (Wildman–Crippen LogP) is 0.915. The van der Waals surface area contributed by atoms with Gasteiger partial charge in [-0.2, -0.15) is 4.31 Å². The first-order valence-corrected chi connectivity index (χ1v) is 12.9. The van der Waals surface area contributed by atoms with Crippen LogP contribution in [0.3, 0.4) is 0 Å². The van der Waals surface area contributed by atoms with Gasteiger partial charge in [0.25, 0.3) is 0 Å². The van der Waals surface area contributed by atoms with E-state index in [-0.39, 0.29) is 23.9 Å². The van der Waals surface area contributed by atoms with Gasteiger partial charge >= 0.3 is 0 Å². The molecule has 4 fully saturated rings. The Morgan fingerprint density at radius 1 is 1.13 bits per heavy atom. The average Bonchev–Trinajstić information content (AvgIpc) is 3.30. The second-order valence-electron chi connectivity index (χ2n) is 9.11. The third-order valence-electron chi connectivity index (χ3n) is 7.65. The van der Waals surface area contributed by atoms with Gasteiger partial charge in [0, 0.05) is 38.3 Å². The topological polar surface area (TPSA) is 91.0 Å². The summed E-state index contributed by atoms with van der Waals surface area (Å²) in [6.45, 7) is 5.23. The zero-order valence-electron chi connectivity index (χ0n) is 18.0. The Morgan fingerprint density at radius 2 is 1.87 bits per heavy atom. The molecule has 9 heteroatoms. The molecule has 1 aromatic rings. The van der Waals surface area contributed by atoms with Gasteiger partial charge in [-0.15, -0.1) is 0 Å². The van der Waals surface area contributed by atoms with Crippen LogP contribution >= 0.6 is 0 Å². The van der Waals surface area contributed by atoms with Crippen LogP contribution in [0.25, 0.3) is 0 Å². The van der Waals surface area contributed by atoms with Crippen LogP contribution in [0.1, 0.15) is 37.7 Å². The van der Waals surface area contributed by atoms with Crippen molar-refractivity contribution in [1.82, 2.24) is 20.1 Å².